The lowest BCUT2D eigenvalue weighted by Crippen LogP contribution is -2.31. The zero-order valence-electron chi connectivity index (χ0n) is 13.4. The summed E-state index contributed by atoms with van der Waals surface area (Å²) in [5.74, 6) is 0.617. The van der Waals surface area contributed by atoms with Crippen LogP contribution < -0.4 is 10.6 Å². The summed E-state index contributed by atoms with van der Waals surface area (Å²) in [5.41, 5.74) is 2.78. The fourth-order valence-corrected chi connectivity index (χ4v) is 2.89. The first kappa shape index (κ1) is 15.8. The van der Waals surface area contributed by atoms with Gasteiger partial charge in [0.15, 0.2) is 0 Å². The Hall–Kier alpha value is -1.55. The molecule has 21 heavy (non-hydrogen) atoms. The molecule has 0 aliphatic carbocycles. The molecule has 2 N–H and O–H groups in total. The van der Waals surface area contributed by atoms with Crippen molar-refractivity contribution in [3.63, 3.8) is 0 Å². The molecule has 0 aromatic heterocycles. The van der Waals surface area contributed by atoms with Gasteiger partial charge in [0.2, 0.25) is 0 Å². The minimum atomic E-state index is 0.0320. The third-order valence-electron chi connectivity index (χ3n) is 4.16. The number of hydrogen-bond donors (Lipinski definition) is 2. The van der Waals surface area contributed by atoms with Crippen molar-refractivity contribution in [1.82, 2.24) is 10.2 Å². The van der Waals surface area contributed by atoms with E-state index in [1.54, 1.807) is 0 Å². The van der Waals surface area contributed by atoms with E-state index in [9.17, 15) is 4.79 Å². The van der Waals surface area contributed by atoms with Gasteiger partial charge >= 0.3 is 0 Å². The Morgan fingerprint density at radius 2 is 2.19 bits per heavy atom. The first-order valence-corrected chi connectivity index (χ1v) is 7.99. The molecule has 1 heterocycles. The first-order valence-electron chi connectivity index (χ1n) is 7.99. The first-order chi connectivity index (χ1) is 10.1. The second kappa shape index (κ2) is 7.46. The number of carbonyl (C=O) groups excluding carboxylic acids is 1. The van der Waals surface area contributed by atoms with E-state index in [4.69, 9.17) is 0 Å². The van der Waals surface area contributed by atoms with Crippen molar-refractivity contribution in [2.75, 3.05) is 38.0 Å². The highest BCUT2D eigenvalue weighted by atomic mass is 16.1. The minimum Gasteiger partial charge on any atom is -0.385 e. The van der Waals surface area contributed by atoms with Crippen LogP contribution in [-0.4, -0.2) is 43.5 Å². The number of aryl methyl sites for hydroxylation is 1. The van der Waals surface area contributed by atoms with Gasteiger partial charge in [-0.25, -0.2) is 0 Å². The molecular weight excluding hydrogens is 262 g/mol. The Morgan fingerprint density at radius 1 is 1.38 bits per heavy atom. The topological polar surface area (TPSA) is 44.4 Å². The summed E-state index contributed by atoms with van der Waals surface area (Å²) in [6, 6.07) is 5.98. The molecule has 2 rings (SSSR count). The van der Waals surface area contributed by atoms with E-state index < -0.39 is 0 Å². The lowest BCUT2D eigenvalue weighted by Gasteiger charge is -2.15. The van der Waals surface area contributed by atoms with Gasteiger partial charge in [-0.3, -0.25) is 4.79 Å². The van der Waals surface area contributed by atoms with E-state index in [-0.39, 0.29) is 5.91 Å². The van der Waals surface area contributed by atoms with Crippen molar-refractivity contribution in [2.45, 2.75) is 27.2 Å². The molecule has 1 aliphatic rings. The lowest BCUT2D eigenvalue weighted by molar-refractivity contribution is 0.0948. The number of carbonyl (C=O) groups is 1. The maximum atomic E-state index is 12.4. The van der Waals surface area contributed by atoms with Crippen molar-refractivity contribution in [2.24, 2.45) is 5.92 Å². The fourth-order valence-electron chi connectivity index (χ4n) is 2.89. The smallest absolute Gasteiger partial charge is 0.253 e. The molecule has 0 radical (unpaired) electrons. The van der Waals surface area contributed by atoms with Crippen LogP contribution in [0.15, 0.2) is 18.2 Å². The fraction of sp³-hybridized carbons (Fsp3) is 0.588. The predicted octanol–water partition coefficient (Wildman–Crippen LogP) is 2.50. The van der Waals surface area contributed by atoms with E-state index in [0.717, 1.165) is 49.5 Å². The van der Waals surface area contributed by atoms with E-state index in [2.05, 4.69) is 22.5 Å². The standard InChI is InChI=1S/C17H27N3O/c1-4-18-16-7-6-13(3)10-15(16)17(21)19-11-14-8-9-20(5-2)12-14/h6-7,10,14,18H,4-5,8-9,11-12H2,1-3H3,(H,19,21). The summed E-state index contributed by atoms with van der Waals surface area (Å²) in [6.07, 6.45) is 1.18. The van der Waals surface area contributed by atoms with Crippen molar-refractivity contribution in [3.8, 4) is 0 Å². The van der Waals surface area contributed by atoms with Crippen molar-refractivity contribution in [3.05, 3.63) is 29.3 Å². The SMILES string of the molecule is CCNc1ccc(C)cc1C(=O)NCC1CCN(CC)C1. The number of nitrogens with one attached hydrogen (secondary N) is 2. The van der Waals surface area contributed by atoms with Crippen LogP contribution in [0.3, 0.4) is 0 Å². The van der Waals surface area contributed by atoms with Crippen LogP contribution in [0.5, 0.6) is 0 Å². The molecule has 0 spiro atoms. The van der Waals surface area contributed by atoms with Gasteiger partial charge in [0, 0.05) is 25.3 Å². The summed E-state index contributed by atoms with van der Waals surface area (Å²) < 4.78 is 0. The van der Waals surface area contributed by atoms with Gasteiger partial charge in [0.1, 0.15) is 0 Å². The summed E-state index contributed by atoms with van der Waals surface area (Å²) >= 11 is 0. The highest BCUT2D eigenvalue weighted by Crippen LogP contribution is 2.18. The maximum absolute atomic E-state index is 12.4. The summed E-state index contributed by atoms with van der Waals surface area (Å²) in [6.45, 7) is 11.2. The van der Waals surface area contributed by atoms with Crippen molar-refractivity contribution < 1.29 is 4.79 Å². The summed E-state index contributed by atoms with van der Waals surface area (Å²) in [7, 11) is 0. The van der Waals surface area contributed by atoms with Crippen LogP contribution in [0.25, 0.3) is 0 Å². The van der Waals surface area contributed by atoms with Crippen molar-refractivity contribution in [1.29, 1.82) is 0 Å². The highest BCUT2D eigenvalue weighted by molar-refractivity contribution is 5.99. The number of hydrogen-bond acceptors (Lipinski definition) is 3. The van der Waals surface area contributed by atoms with Crippen LogP contribution in [0.4, 0.5) is 5.69 Å². The number of amides is 1. The molecule has 1 unspecified atom stereocenters. The molecule has 1 amide bonds. The molecule has 1 aromatic rings. The second-order valence-corrected chi connectivity index (χ2v) is 5.84. The van der Waals surface area contributed by atoms with Crippen molar-refractivity contribution >= 4 is 11.6 Å². The average Bonchev–Trinajstić information content (AvgIpc) is 2.95. The zero-order valence-corrected chi connectivity index (χ0v) is 13.4. The molecule has 116 valence electrons. The quantitative estimate of drug-likeness (QED) is 0.845. The molecule has 4 heteroatoms. The van der Waals surface area contributed by atoms with Crippen LogP contribution in [0, 0.1) is 12.8 Å². The Labute approximate surface area is 127 Å². The second-order valence-electron chi connectivity index (χ2n) is 5.84. The molecule has 1 atom stereocenters. The van der Waals surface area contributed by atoms with Crippen LogP contribution in [0.2, 0.25) is 0 Å². The third kappa shape index (κ3) is 4.21. The monoisotopic (exact) mass is 289 g/mol. The van der Waals surface area contributed by atoms with Gasteiger partial charge in [-0.15, -0.1) is 0 Å². The zero-order chi connectivity index (χ0) is 15.2. The number of benzene rings is 1. The molecule has 1 fully saturated rings. The Bertz CT molecular complexity index is 487. The Kier molecular flexibility index (Phi) is 5.62. The van der Waals surface area contributed by atoms with E-state index in [0.29, 0.717) is 5.92 Å². The number of likely N-dealkylation sites (tertiary alicyclic amines) is 1. The molecule has 1 saturated heterocycles. The Balaban J connectivity index is 1.95. The lowest BCUT2D eigenvalue weighted by atomic mass is 10.1. The van der Waals surface area contributed by atoms with Gasteiger partial charge in [-0.2, -0.15) is 0 Å². The third-order valence-corrected chi connectivity index (χ3v) is 4.16. The number of rotatable bonds is 6. The molecule has 1 aromatic carbocycles. The molecule has 4 nitrogen and oxygen atoms in total. The maximum Gasteiger partial charge on any atom is 0.253 e. The van der Waals surface area contributed by atoms with Gasteiger partial charge < -0.3 is 15.5 Å². The van der Waals surface area contributed by atoms with E-state index >= 15 is 0 Å². The van der Waals surface area contributed by atoms with Gasteiger partial charge in [0.25, 0.3) is 5.91 Å². The van der Waals surface area contributed by atoms with Gasteiger partial charge in [-0.1, -0.05) is 18.6 Å². The van der Waals surface area contributed by atoms with Crippen LogP contribution in [-0.2, 0) is 0 Å². The largest absolute Gasteiger partial charge is 0.385 e. The van der Waals surface area contributed by atoms with Crippen LogP contribution >= 0.6 is 0 Å². The van der Waals surface area contributed by atoms with Crippen LogP contribution in [0.1, 0.15) is 36.2 Å². The molecular formula is C17H27N3O. The minimum absolute atomic E-state index is 0.0320. The number of anilines is 1. The Morgan fingerprint density at radius 3 is 2.86 bits per heavy atom. The highest BCUT2D eigenvalue weighted by Gasteiger charge is 2.22. The molecule has 0 bridgehead atoms. The normalized spacial score (nSPS) is 18.7. The summed E-state index contributed by atoms with van der Waals surface area (Å²) in [4.78, 5) is 14.9. The molecule has 1 aliphatic heterocycles. The molecule has 0 saturated carbocycles. The number of nitrogens with zero attached hydrogens (tertiary/aromatic N) is 1. The predicted molar refractivity (Wildman–Crippen MR) is 87.9 cm³/mol. The van der Waals surface area contributed by atoms with Gasteiger partial charge in [0.05, 0.1) is 5.56 Å². The van der Waals surface area contributed by atoms with E-state index in [1.165, 1.54) is 6.42 Å². The van der Waals surface area contributed by atoms with E-state index in [1.807, 2.05) is 32.0 Å². The average molecular weight is 289 g/mol. The summed E-state index contributed by atoms with van der Waals surface area (Å²) in [5, 5.41) is 6.37. The van der Waals surface area contributed by atoms with Gasteiger partial charge in [-0.05, 0) is 51.4 Å².